The Kier molecular flexibility index (Phi) is 4.96. The molecule has 0 spiro atoms. The first-order valence-electron chi connectivity index (χ1n) is 12.2. The highest BCUT2D eigenvalue weighted by Gasteiger charge is 2.64. The molecule has 36 heavy (non-hydrogen) atoms. The molecule has 1 aromatic heterocycles. The van der Waals surface area contributed by atoms with Gasteiger partial charge in [0.05, 0.1) is 0 Å². The number of carbonyl (C=O) groups excluding carboxylic acids is 2. The Balaban J connectivity index is 1.19. The van der Waals surface area contributed by atoms with E-state index in [0.717, 1.165) is 22.6 Å². The van der Waals surface area contributed by atoms with Crippen LogP contribution in [-0.4, -0.2) is 23.0 Å². The number of fused-ring (bicyclic) bond motifs is 4. The minimum atomic E-state index is -0.574. The van der Waals surface area contributed by atoms with Gasteiger partial charge in [0.2, 0.25) is 5.91 Å². The van der Waals surface area contributed by atoms with E-state index in [2.05, 4.69) is 41.7 Å². The first kappa shape index (κ1) is 22.4. The van der Waals surface area contributed by atoms with E-state index in [1.54, 1.807) is 12.3 Å². The second-order valence-electron chi connectivity index (χ2n) is 10.6. The summed E-state index contributed by atoms with van der Waals surface area (Å²) in [4.78, 5) is 28.9. The van der Waals surface area contributed by atoms with Crippen molar-refractivity contribution in [2.75, 3.05) is 10.6 Å². The smallest absolute Gasteiger partial charge is 0.320 e. The zero-order chi connectivity index (χ0) is 25.1. The van der Waals surface area contributed by atoms with E-state index in [-0.39, 0.29) is 23.5 Å². The SMILES string of the molecule is CC(C)(C)c1ccc(NC(=O)NC23C[C@@H]2Oc2ccc(Oc4ccnc5c4CCC(=O)N5)cc23)cc1. The Morgan fingerprint density at radius 2 is 1.94 bits per heavy atom. The van der Waals surface area contributed by atoms with Crippen LogP contribution in [0, 0.1) is 0 Å². The molecule has 0 bridgehead atoms. The van der Waals surface area contributed by atoms with Crippen LogP contribution in [0.3, 0.4) is 0 Å². The lowest BCUT2D eigenvalue weighted by molar-refractivity contribution is -0.116. The van der Waals surface area contributed by atoms with Crippen molar-refractivity contribution in [2.24, 2.45) is 0 Å². The molecule has 0 radical (unpaired) electrons. The molecule has 0 saturated heterocycles. The second kappa shape index (κ2) is 7.98. The number of nitrogens with zero attached hydrogens (tertiary/aromatic N) is 1. The lowest BCUT2D eigenvalue weighted by atomic mass is 9.87. The molecule has 2 aromatic carbocycles. The van der Waals surface area contributed by atoms with Gasteiger partial charge >= 0.3 is 6.03 Å². The third-order valence-corrected chi connectivity index (χ3v) is 7.04. The van der Waals surface area contributed by atoms with Crippen LogP contribution in [0.1, 0.15) is 50.3 Å². The van der Waals surface area contributed by atoms with Gasteiger partial charge in [-0.2, -0.15) is 0 Å². The number of nitrogens with one attached hydrogen (secondary N) is 3. The second-order valence-corrected chi connectivity index (χ2v) is 10.6. The number of rotatable bonds is 4. The Bertz CT molecular complexity index is 1380. The fourth-order valence-electron chi connectivity index (χ4n) is 4.93. The number of carbonyl (C=O) groups is 2. The number of benzene rings is 2. The molecule has 2 atom stereocenters. The Hall–Kier alpha value is -4.07. The monoisotopic (exact) mass is 484 g/mol. The Morgan fingerprint density at radius 3 is 2.72 bits per heavy atom. The number of ether oxygens (including phenoxy) is 2. The summed E-state index contributed by atoms with van der Waals surface area (Å²) in [6.07, 6.45) is 3.20. The van der Waals surface area contributed by atoms with E-state index in [4.69, 9.17) is 9.47 Å². The standard InChI is InChI=1S/C28H28N4O4/c1-27(2,3)16-4-6-17(7-5-16)30-26(34)32-28-15-23(28)36-22-10-8-18(14-20(22)28)35-21-12-13-29-25-19(21)9-11-24(33)31-25/h4-8,10,12-14,23H,9,11,15H2,1-3H3,(H,29,31,33)(H2,30,32,34)/t23-,28?/m0/s1. The molecule has 8 heteroatoms. The summed E-state index contributed by atoms with van der Waals surface area (Å²) >= 11 is 0. The predicted octanol–water partition coefficient (Wildman–Crippen LogP) is 5.24. The molecule has 1 unspecified atom stereocenters. The maximum atomic E-state index is 12.9. The zero-order valence-corrected chi connectivity index (χ0v) is 20.5. The first-order valence-corrected chi connectivity index (χ1v) is 12.2. The number of hydrogen-bond donors (Lipinski definition) is 3. The molecule has 8 nitrogen and oxygen atoms in total. The lowest BCUT2D eigenvalue weighted by Gasteiger charge is -2.20. The minimum Gasteiger partial charge on any atom is -0.487 e. The number of aromatic nitrogens is 1. The highest BCUT2D eigenvalue weighted by Crippen LogP contribution is 2.58. The van der Waals surface area contributed by atoms with E-state index in [1.807, 2.05) is 42.5 Å². The predicted molar refractivity (Wildman–Crippen MR) is 136 cm³/mol. The van der Waals surface area contributed by atoms with Crippen molar-refractivity contribution in [1.82, 2.24) is 10.3 Å². The Morgan fingerprint density at radius 1 is 1.14 bits per heavy atom. The number of hydrogen-bond acceptors (Lipinski definition) is 5. The van der Waals surface area contributed by atoms with Gasteiger partial charge in [0.1, 0.15) is 34.7 Å². The normalized spacial score (nSPS) is 21.3. The van der Waals surface area contributed by atoms with Crippen molar-refractivity contribution in [2.45, 2.75) is 57.1 Å². The topological polar surface area (TPSA) is 102 Å². The van der Waals surface area contributed by atoms with E-state index in [0.29, 0.717) is 36.6 Å². The van der Waals surface area contributed by atoms with Gasteiger partial charge in [0.25, 0.3) is 0 Å². The van der Waals surface area contributed by atoms with Crippen molar-refractivity contribution in [3.05, 3.63) is 71.4 Å². The molecule has 1 fully saturated rings. The van der Waals surface area contributed by atoms with Gasteiger partial charge < -0.3 is 25.4 Å². The van der Waals surface area contributed by atoms with E-state index < -0.39 is 5.54 Å². The van der Waals surface area contributed by atoms with E-state index in [9.17, 15) is 9.59 Å². The number of amides is 3. The molecule has 6 rings (SSSR count). The molecule has 2 aliphatic heterocycles. The van der Waals surface area contributed by atoms with Gasteiger partial charge in [-0.25, -0.2) is 9.78 Å². The number of anilines is 2. The van der Waals surface area contributed by atoms with Gasteiger partial charge in [-0.1, -0.05) is 32.9 Å². The van der Waals surface area contributed by atoms with Crippen molar-refractivity contribution in [3.63, 3.8) is 0 Å². The van der Waals surface area contributed by atoms with E-state index >= 15 is 0 Å². The summed E-state index contributed by atoms with van der Waals surface area (Å²) in [5.41, 5.74) is 3.20. The quantitative estimate of drug-likeness (QED) is 0.470. The summed E-state index contributed by atoms with van der Waals surface area (Å²) in [6, 6.07) is 15.1. The molecule has 3 heterocycles. The summed E-state index contributed by atoms with van der Waals surface area (Å²) in [5.74, 6) is 2.54. The zero-order valence-electron chi connectivity index (χ0n) is 20.5. The van der Waals surface area contributed by atoms with Gasteiger partial charge in [-0.3, -0.25) is 4.79 Å². The van der Waals surface area contributed by atoms with Crippen molar-refractivity contribution in [3.8, 4) is 17.2 Å². The van der Waals surface area contributed by atoms with Crippen LogP contribution in [0.4, 0.5) is 16.3 Å². The number of urea groups is 1. The fourth-order valence-corrected chi connectivity index (χ4v) is 4.93. The van der Waals surface area contributed by atoms with Crippen LogP contribution >= 0.6 is 0 Å². The van der Waals surface area contributed by atoms with Gasteiger partial charge in [-0.15, -0.1) is 0 Å². The van der Waals surface area contributed by atoms with E-state index in [1.165, 1.54) is 5.56 Å². The molecule has 1 saturated carbocycles. The van der Waals surface area contributed by atoms with Gasteiger partial charge in [-0.05, 0) is 53.8 Å². The summed E-state index contributed by atoms with van der Waals surface area (Å²) in [5, 5.41) is 8.88. The van der Waals surface area contributed by atoms with Crippen molar-refractivity contribution < 1.29 is 19.1 Å². The van der Waals surface area contributed by atoms with Crippen LogP contribution in [0.25, 0.3) is 0 Å². The molecular weight excluding hydrogens is 456 g/mol. The van der Waals surface area contributed by atoms with Gasteiger partial charge in [0.15, 0.2) is 0 Å². The average molecular weight is 485 g/mol. The molecule has 184 valence electrons. The minimum absolute atomic E-state index is 0.0435. The van der Waals surface area contributed by atoms with Crippen molar-refractivity contribution in [1.29, 1.82) is 0 Å². The highest BCUT2D eigenvalue weighted by atomic mass is 16.5. The van der Waals surface area contributed by atoms with Crippen LogP contribution in [0.5, 0.6) is 17.2 Å². The third kappa shape index (κ3) is 3.92. The average Bonchev–Trinajstić information content (AvgIpc) is 3.43. The molecule has 1 aliphatic carbocycles. The van der Waals surface area contributed by atoms with Crippen molar-refractivity contribution >= 4 is 23.4 Å². The summed E-state index contributed by atoms with van der Waals surface area (Å²) in [7, 11) is 0. The van der Waals surface area contributed by atoms with Crippen LogP contribution in [-0.2, 0) is 22.2 Å². The molecule has 3 aliphatic rings. The maximum Gasteiger partial charge on any atom is 0.320 e. The molecular formula is C28H28N4O4. The highest BCUT2D eigenvalue weighted by molar-refractivity contribution is 5.93. The van der Waals surface area contributed by atoms with Crippen LogP contribution in [0.2, 0.25) is 0 Å². The third-order valence-electron chi connectivity index (χ3n) is 7.04. The Labute approximate surface area is 209 Å². The fraction of sp³-hybridized carbons (Fsp3) is 0.321. The lowest BCUT2D eigenvalue weighted by Crippen LogP contribution is -2.39. The molecule has 3 N–H and O–H groups in total. The summed E-state index contributed by atoms with van der Waals surface area (Å²) < 4.78 is 12.3. The maximum absolute atomic E-state index is 12.9. The van der Waals surface area contributed by atoms with Gasteiger partial charge in [0, 0.05) is 35.9 Å². The largest absolute Gasteiger partial charge is 0.487 e. The van der Waals surface area contributed by atoms with Crippen LogP contribution < -0.4 is 25.4 Å². The molecule has 3 aromatic rings. The summed E-state index contributed by atoms with van der Waals surface area (Å²) in [6.45, 7) is 6.47. The number of pyridine rings is 1. The molecule has 3 amide bonds. The van der Waals surface area contributed by atoms with Crippen LogP contribution in [0.15, 0.2) is 54.7 Å². The first-order chi connectivity index (χ1) is 17.2.